The summed E-state index contributed by atoms with van der Waals surface area (Å²) in [6.07, 6.45) is -0.000769. The molecule has 0 saturated carbocycles. The van der Waals surface area contributed by atoms with Crippen molar-refractivity contribution in [3.05, 3.63) is 40.4 Å². The van der Waals surface area contributed by atoms with E-state index in [1.54, 1.807) is 30.3 Å². The van der Waals surface area contributed by atoms with Crippen LogP contribution in [0.2, 0.25) is 10.0 Å². The highest BCUT2D eigenvalue weighted by molar-refractivity contribution is 6.36. The molecule has 0 radical (unpaired) electrons. The van der Waals surface area contributed by atoms with Gasteiger partial charge in [-0.1, -0.05) is 23.2 Å². The van der Waals surface area contributed by atoms with E-state index < -0.39 is 0 Å². The largest absolute Gasteiger partial charge is 0.473 e. The monoisotopic (exact) mass is 311 g/mol. The van der Waals surface area contributed by atoms with Gasteiger partial charge in [0.1, 0.15) is 5.82 Å². The molecular weight excluding hydrogens is 297 g/mol. The topological polar surface area (TPSA) is 60.2 Å². The Hall–Kier alpha value is -1.65. The average molecular weight is 312 g/mol. The van der Waals surface area contributed by atoms with E-state index in [0.29, 0.717) is 33.1 Å². The number of nitrogen functional groups attached to an aromatic ring is 1. The minimum atomic E-state index is -0.000769. The zero-order valence-electron chi connectivity index (χ0n) is 11.2. The van der Waals surface area contributed by atoms with Crippen molar-refractivity contribution in [1.82, 2.24) is 4.98 Å². The molecule has 1 aromatic heterocycles. The average Bonchev–Trinajstić information content (AvgIpc) is 2.36. The number of nitrogens with one attached hydrogen (secondary N) is 1. The fourth-order valence-electron chi connectivity index (χ4n) is 1.57. The van der Waals surface area contributed by atoms with Gasteiger partial charge in [-0.15, -0.1) is 0 Å². The van der Waals surface area contributed by atoms with Crippen LogP contribution in [-0.2, 0) is 0 Å². The van der Waals surface area contributed by atoms with Crippen molar-refractivity contribution in [2.45, 2.75) is 20.0 Å². The molecule has 0 spiro atoms. The summed E-state index contributed by atoms with van der Waals surface area (Å²) in [5.41, 5.74) is 7.03. The number of rotatable bonds is 4. The van der Waals surface area contributed by atoms with E-state index in [1.807, 2.05) is 13.8 Å². The first-order valence-corrected chi connectivity index (χ1v) is 6.86. The molecule has 2 rings (SSSR count). The van der Waals surface area contributed by atoms with Crippen molar-refractivity contribution in [3.8, 4) is 5.88 Å². The van der Waals surface area contributed by atoms with Gasteiger partial charge in [-0.25, -0.2) is 0 Å². The van der Waals surface area contributed by atoms with Gasteiger partial charge in [-0.2, -0.15) is 4.98 Å². The smallest absolute Gasteiger partial charge is 0.239 e. The molecule has 1 heterocycles. The Morgan fingerprint density at radius 2 is 1.95 bits per heavy atom. The second-order valence-electron chi connectivity index (χ2n) is 4.51. The Bertz CT molecular complexity index is 617. The lowest BCUT2D eigenvalue weighted by Crippen LogP contribution is -2.09. The summed E-state index contributed by atoms with van der Waals surface area (Å²) < 4.78 is 5.54. The molecule has 0 fully saturated rings. The molecule has 0 unspecified atom stereocenters. The number of pyridine rings is 1. The van der Waals surface area contributed by atoms with Gasteiger partial charge < -0.3 is 15.8 Å². The van der Waals surface area contributed by atoms with Crippen molar-refractivity contribution in [3.63, 3.8) is 0 Å². The lowest BCUT2D eigenvalue weighted by molar-refractivity contribution is 0.234. The lowest BCUT2D eigenvalue weighted by Gasteiger charge is -2.13. The molecule has 20 heavy (non-hydrogen) atoms. The highest BCUT2D eigenvalue weighted by atomic mass is 35.5. The molecule has 0 aliphatic carbocycles. The van der Waals surface area contributed by atoms with Crippen molar-refractivity contribution in [2.24, 2.45) is 0 Å². The summed E-state index contributed by atoms with van der Waals surface area (Å²) >= 11 is 12.0. The fourth-order valence-corrected chi connectivity index (χ4v) is 2.02. The zero-order valence-corrected chi connectivity index (χ0v) is 12.7. The highest BCUT2D eigenvalue weighted by Crippen LogP contribution is 2.29. The van der Waals surface area contributed by atoms with Crippen LogP contribution in [0.5, 0.6) is 5.88 Å². The molecule has 0 atom stereocenters. The van der Waals surface area contributed by atoms with Crippen molar-refractivity contribution >= 4 is 40.4 Å². The third-order valence-corrected chi connectivity index (χ3v) is 2.98. The van der Waals surface area contributed by atoms with Crippen molar-refractivity contribution < 1.29 is 4.74 Å². The highest BCUT2D eigenvalue weighted by Gasteiger charge is 2.08. The van der Waals surface area contributed by atoms with Crippen LogP contribution in [0.15, 0.2) is 30.3 Å². The number of ether oxygens (including phenoxy) is 1. The van der Waals surface area contributed by atoms with Gasteiger partial charge in [0.25, 0.3) is 0 Å². The molecular formula is C14H15Cl2N3O. The Labute approximate surface area is 127 Å². The normalized spacial score (nSPS) is 10.7. The van der Waals surface area contributed by atoms with E-state index in [0.717, 1.165) is 0 Å². The SMILES string of the molecule is CC(C)Oc1nc(Nc2ccc(Cl)cc2Cl)ccc1N. The molecule has 3 N–H and O–H groups in total. The summed E-state index contributed by atoms with van der Waals surface area (Å²) in [5.74, 6) is 0.995. The number of halogens is 2. The number of hydrogen-bond donors (Lipinski definition) is 2. The van der Waals surface area contributed by atoms with Crippen molar-refractivity contribution in [1.29, 1.82) is 0 Å². The molecule has 0 aliphatic heterocycles. The summed E-state index contributed by atoms with van der Waals surface area (Å²) in [4.78, 5) is 4.32. The number of anilines is 3. The van der Waals surface area contributed by atoms with Crippen LogP contribution >= 0.6 is 23.2 Å². The van der Waals surface area contributed by atoms with Crippen LogP contribution < -0.4 is 15.8 Å². The second-order valence-corrected chi connectivity index (χ2v) is 5.35. The third kappa shape index (κ3) is 3.68. The predicted octanol–water partition coefficient (Wildman–Crippen LogP) is 4.50. The molecule has 0 saturated heterocycles. The van der Waals surface area contributed by atoms with Gasteiger partial charge in [0.15, 0.2) is 0 Å². The van der Waals surface area contributed by atoms with E-state index in [1.165, 1.54) is 0 Å². The standard InChI is InChI=1S/C14H15Cl2N3O/c1-8(2)20-14-11(17)4-6-13(19-14)18-12-5-3-9(15)7-10(12)16/h3-8H,17H2,1-2H3,(H,18,19). The maximum atomic E-state index is 6.10. The predicted molar refractivity (Wildman–Crippen MR) is 84.2 cm³/mol. The number of aromatic nitrogens is 1. The lowest BCUT2D eigenvalue weighted by atomic mass is 10.3. The number of hydrogen-bond acceptors (Lipinski definition) is 4. The van der Waals surface area contributed by atoms with Gasteiger partial charge in [-0.05, 0) is 44.2 Å². The zero-order chi connectivity index (χ0) is 14.7. The van der Waals surface area contributed by atoms with Crippen LogP contribution in [0.3, 0.4) is 0 Å². The van der Waals surface area contributed by atoms with Crippen LogP contribution in [0.4, 0.5) is 17.2 Å². The van der Waals surface area contributed by atoms with Crippen LogP contribution in [-0.4, -0.2) is 11.1 Å². The molecule has 106 valence electrons. The first-order chi connectivity index (χ1) is 9.45. The minimum Gasteiger partial charge on any atom is -0.473 e. The first-order valence-electron chi connectivity index (χ1n) is 6.11. The summed E-state index contributed by atoms with van der Waals surface area (Å²) in [6, 6.07) is 8.68. The second kappa shape index (κ2) is 6.20. The van der Waals surface area contributed by atoms with Crippen LogP contribution in [0, 0.1) is 0 Å². The number of benzene rings is 1. The molecule has 6 heteroatoms. The van der Waals surface area contributed by atoms with E-state index in [-0.39, 0.29) is 6.10 Å². The molecule has 2 aromatic rings. The van der Waals surface area contributed by atoms with Crippen LogP contribution in [0.25, 0.3) is 0 Å². The van der Waals surface area contributed by atoms with E-state index >= 15 is 0 Å². The quantitative estimate of drug-likeness (QED) is 0.872. The third-order valence-electron chi connectivity index (χ3n) is 2.43. The fraction of sp³-hybridized carbons (Fsp3) is 0.214. The van der Waals surface area contributed by atoms with Crippen LogP contribution in [0.1, 0.15) is 13.8 Å². The summed E-state index contributed by atoms with van der Waals surface area (Å²) in [6.45, 7) is 3.83. The van der Waals surface area contributed by atoms with E-state index in [4.69, 9.17) is 33.7 Å². The number of nitrogens with zero attached hydrogens (tertiary/aromatic N) is 1. The molecule has 0 amide bonds. The Kier molecular flexibility index (Phi) is 4.57. The van der Waals surface area contributed by atoms with E-state index in [9.17, 15) is 0 Å². The summed E-state index contributed by atoms with van der Waals surface area (Å²) in [7, 11) is 0. The van der Waals surface area contributed by atoms with E-state index in [2.05, 4.69) is 10.3 Å². The first kappa shape index (κ1) is 14.8. The van der Waals surface area contributed by atoms with Crippen molar-refractivity contribution in [2.75, 3.05) is 11.1 Å². The Morgan fingerprint density at radius 3 is 2.60 bits per heavy atom. The maximum Gasteiger partial charge on any atom is 0.239 e. The Morgan fingerprint density at radius 1 is 1.20 bits per heavy atom. The minimum absolute atomic E-state index is 0.000769. The molecule has 1 aromatic carbocycles. The van der Waals surface area contributed by atoms with Gasteiger partial charge >= 0.3 is 0 Å². The Balaban J connectivity index is 2.25. The molecule has 4 nitrogen and oxygen atoms in total. The van der Waals surface area contributed by atoms with Gasteiger partial charge in [0.05, 0.1) is 22.5 Å². The molecule has 0 aliphatic rings. The number of nitrogens with two attached hydrogens (primary N) is 1. The van der Waals surface area contributed by atoms with Gasteiger partial charge in [-0.3, -0.25) is 0 Å². The van der Waals surface area contributed by atoms with Gasteiger partial charge in [0.2, 0.25) is 5.88 Å². The van der Waals surface area contributed by atoms with Gasteiger partial charge in [0, 0.05) is 5.02 Å². The maximum absolute atomic E-state index is 6.10. The summed E-state index contributed by atoms with van der Waals surface area (Å²) in [5, 5.41) is 4.20. The molecule has 0 bridgehead atoms.